The summed E-state index contributed by atoms with van der Waals surface area (Å²) in [5, 5.41) is 0. The monoisotopic (exact) mass is 245 g/mol. The van der Waals surface area contributed by atoms with Crippen molar-refractivity contribution < 1.29 is 9.53 Å². The van der Waals surface area contributed by atoms with Crippen molar-refractivity contribution in [3.05, 3.63) is 41.5 Å². The fraction of sp³-hybridized carbons (Fsp3) is 0.231. The number of nitrogen functional groups attached to an aromatic ring is 1. The van der Waals surface area contributed by atoms with Gasteiger partial charge in [0.05, 0.1) is 12.7 Å². The highest BCUT2D eigenvalue weighted by Gasteiger charge is 2.14. The van der Waals surface area contributed by atoms with Gasteiger partial charge < -0.3 is 15.0 Å². The molecule has 0 radical (unpaired) electrons. The molecule has 5 heteroatoms. The number of nitrogens with two attached hydrogens (primary N) is 1. The molecule has 1 heterocycles. The van der Waals surface area contributed by atoms with Gasteiger partial charge in [0, 0.05) is 23.8 Å². The van der Waals surface area contributed by atoms with Crippen LogP contribution in [0, 0.1) is 13.8 Å². The Morgan fingerprint density at radius 1 is 1.39 bits per heavy atom. The van der Waals surface area contributed by atoms with E-state index in [1.807, 2.05) is 30.7 Å². The molecule has 0 amide bonds. The van der Waals surface area contributed by atoms with Crippen molar-refractivity contribution in [2.24, 2.45) is 0 Å². The number of esters is 1. The van der Waals surface area contributed by atoms with Crippen molar-refractivity contribution >= 4 is 11.7 Å². The lowest BCUT2D eigenvalue weighted by molar-refractivity contribution is 0.0602. The van der Waals surface area contributed by atoms with Crippen LogP contribution >= 0.6 is 0 Å². The molecule has 2 N–H and O–H groups in total. The first-order valence-corrected chi connectivity index (χ1v) is 5.53. The van der Waals surface area contributed by atoms with Crippen molar-refractivity contribution in [1.82, 2.24) is 9.55 Å². The summed E-state index contributed by atoms with van der Waals surface area (Å²) in [6.07, 6.45) is 3.54. The summed E-state index contributed by atoms with van der Waals surface area (Å²) in [5.41, 5.74) is 8.40. The minimum absolute atomic E-state index is 0.376. The second-order valence-corrected chi connectivity index (χ2v) is 4.06. The van der Waals surface area contributed by atoms with E-state index in [1.165, 1.54) is 7.11 Å². The predicted molar refractivity (Wildman–Crippen MR) is 68.8 cm³/mol. The first-order valence-electron chi connectivity index (χ1n) is 5.53. The van der Waals surface area contributed by atoms with E-state index in [9.17, 15) is 4.79 Å². The number of nitrogens with zero attached hydrogens (tertiary/aromatic N) is 2. The normalized spacial score (nSPS) is 10.4. The summed E-state index contributed by atoms with van der Waals surface area (Å²) in [6, 6.07) is 3.62. The van der Waals surface area contributed by atoms with Gasteiger partial charge in [0.1, 0.15) is 5.82 Å². The summed E-state index contributed by atoms with van der Waals surface area (Å²) >= 11 is 0. The first-order chi connectivity index (χ1) is 8.54. The number of hydrogen-bond acceptors (Lipinski definition) is 4. The molecule has 0 saturated carbocycles. The molecule has 0 atom stereocenters. The van der Waals surface area contributed by atoms with Crippen LogP contribution in [0.4, 0.5) is 5.69 Å². The van der Waals surface area contributed by atoms with E-state index >= 15 is 0 Å². The Labute approximate surface area is 105 Å². The van der Waals surface area contributed by atoms with Gasteiger partial charge in [0.2, 0.25) is 0 Å². The third kappa shape index (κ3) is 1.95. The maximum absolute atomic E-state index is 11.7. The van der Waals surface area contributed by atoms with Gasteiger partial charge in [-0.3, -0.25) is 0 Å². The quantitative estimate of drug-likeness (QED) is 0.647. The maximum atomic E-state index is 11.7. The standard InChI is InChI=1S/C13H15N3O2/c1-8-6-10(16-5-4-15-9(16)2)7-11(12(8)14)13(17)18-3/h4-7H,14H2,1-3H3. The Morgan fingerprint density at radius 3 is 2.67 bits per heavy atom. The smallest absolute Gasteiger partial charge is 0.340 e. The molecular formula is C13H15N3O2. The second-order valence-electron chi connectivity index (χ2n) is 4.06. The lowest BCUT2D eigenvalue weighted by Crippen LogP contribution is -2.09. The highest BCUT2D eigenvalue weighted by atomic mass is 16.5. The van der Waals surface area contributed by atoms with E-state index < -0.39 is 5.97 Å². The van der Waals surface area contributed by atoms with Crippen molar-refractivity contribution in [2.75, 3.05) is 12.8 Å². The SMILES string of the molecule is COC(=O)c1cc(-n2ccnc2C)cc(C)c1N. The molecule has 0 spiro atoms. The topological polar surface area (TPSA) is 70.1 Å². The zero-order valence-electron chi connectivity index (χ0n) is 10.6. The van der Waals surface area contributed by atoms with E-state index in [0.717, 1.165) is 17.1 Å². The number of aromatic nitrogens is 2. The van der Waals surface area contributed by atoms with Crippen molar-refractivity contribution in [2.45, 2.75) is 13.8 Å². The van der Waals surface area contributed by atoms with Gasteiger partial charge >= 0.3 is 5.97 Å². The van der Waals surface area contributed by atoms with Crippen LogP contribution < -0.4 is 5.73 Å². The summed E-state index contributed by atoms with van der Waals surface area (Å²) in [5.74, 6) is 0.408. The van der Waals surface area contributed by atoms with Crippen LogP contribution in [-0.4, -0.2) is 22.6 Å². The van der Waals surface area contributed by atoms with Crippen LogP contribution in [-0.2, 0) is 4.74 Å². The van der Waals surface area contributed by atoms with Gasteiger partial charge in [-0.2, -0.15) is 0 Å². The highest BCUT2D eigenvalue weighted by molar-refractivity contribution is 5.96. The molecule has 2 aromatic rings. The third-order valence-electron chi connectivity index (χ3n) is 2.88. The molecule has 0 saturated heterocycles. The van der Waals surface area contributed by atoms with Crippen LogP contribution in [0.3, 0.4) is 0 Å². The van der Waals surface area contributed by atoms with Crippen LogP contribution in [0.25, 0.3) is 5.69 Å². The lowest BCUT2D eigenvalue weighted by atomic mass is 10.1. The molecule has 1 aromatic heterocycles. The Morgan fingerprint density at radius 2 is 2.11 bits per heavy atom. The highest BCUT2D eigenvalue weighted by Crippen LogP contribution is 2.23. The number of anilines is 1. The summed E-state index contributed by atoms with van der Waals surface area (Å²) < 4.78 is 6.62. The number of hydrogen-bond donors (Lipinski definition) is 1. The molecular weight excluding hydrogens is 230 g/mol. The largest absolute Gasteiger partial charge is 0.465 e. The molecule has 2 rings (SSSR count). The lowest BCUT2D eigenvalue weighted by Gasteiger charge is -2.12. The Kier molecular flexibility index (Phi) is 3.06. The molecule has 0 fully saturated rings. The zero-order chi connectivity index (χ0) is 13.3. The predicted octanol–water partition coefficient (Wildman–Crippen LogP) is 1.86. The third-order valence-corrected chi connectivity index (χ3v) is 2.88. The molecule has 94 valence electrons. The number of ether oxygens (including phenoxy) is 1. The van der Waals surface area contributed by atoms with E-state index in [4.69, 9.17) is 10.5 Å². The van der Waals surface area contributed by atoms with Crippen molar-refractivity contribution in [3.8, 4) is 5.69 Å². The Hall–Kier alpha value is -2.30. The number of carbonyl (C=O) groups is 1. The number of rotatable bonds is 2. The number of carbonyl (C=O) groups excluding carboxylic acids is 1. The minimum atomic E-state index is -0.435. The van der Waals surface area contributed by atoms with Crippen molar-refractivity contribution in [3.63, 3.8) is 0 Å². The molecule has 0 aliphatic heterocycles. The molecule has 0 aliphatic carbocycles. The van der Waals surface area contributed by atoms with Gasteiger partial charge in [0.15, 0.2) is 0 Å². The fourth-order valence-corrected chi connectivity index (χ4v) is 1.85. The number of imidazole rings is 1. The van der Waals surface area contributed by atoms with Crippen LogP contribution in [0.15, 0.2) is 24.5 Å². The van der Waals surface area contributed by atoms with Gasteiger partial charge in [0.25, 0.3) is 0 Å². The molecule has 18 heavy (non-hydrogen) atoms. The molecule has 0 unspecified atom stereocenters. The van der Waals surface area contributed by atoms with Gasteiger partial charge in [-0.05, 0) is 31.5 Å². The molecule has 0 aliphatic rings. The second kappa shape index (κ2) is 4.52. The fourth-order valence-electron chi connectivity index (χ4n) is 1.85. The Bertz CT molecular complexity index is 602. The molecule has 5 nitrogen and oxygen atoms in total. The molecule has 0 bridgehead atoms. The van der Waals surface area contributed by atoms with E-state index in [2.05, 4.69) is 4.98 Å². The molecule has 1 aromatic carbocycles. The maximum Gasteiger partial charge on any atom is 0.340 e. The van der Waals surface area contributed by atoms with Crippen LogP contribution in [0.1, 0.15) is 21.7 Å². The van der Waals surface area contributed by atoms with E-state index in [1.54, 1.807) is 12.3 Å². The first kappa shape index (κ1) is 12.2. The minimum Gasteiger partial charge on any atom is -0.465 e. The van der Waals surface area contributed by atoms with Crippen LogP contribution in [0.2, 0.25) is 0 Å². The van der Waals surface area contributed by atoms with Gasteiger partial charge in [-0.15, -0.1) is 0 Å². The summed E-state index contributed by atoms with van der Waals surface area (Å²) in [7, 11) is 1.34. The average molecular weight is 245 g/mol. The number of benzene rings is 1. The van der Waals surface area contributed by atoms with Crippen molar-refractivity contribution in [1.29, 1.82) is 0 Å². The van der Waals surface area contributed by atoms with E-state index in [0.29, 0.717) is 11.3 Å². The van der Waals surface area contributed by atoms with Crippen LogP contribution in [0.5, 0.6) is 0 Å². The average Bonchev–Trinajstić information content (AvgIpc) is 2.78. The van der Waals surface area contributed by atoms with Gasteiger partial charge in [-0.1, -0.05) is 0 Å². The summed E-state index contributed by atoms with van der Waals surface area (Å²) in [4.78, 5) is 15.8. The number of methoxy groups -OCH3 is 1. The van der Waals surface area contributed by atoms with E-state index in [-0.39, 0.29) is 0 Å². The number of aryl methyl sites for hydroxylation is 2. The zero-order valence-corrected chi connectivity index (χ0v) is 10.6. The Balaban J connectivity index is 2.61. The summed E-state index contributed by atoms with van der Waals surface area (Å²) in [6.45, 7) is 3.75. The van der Waals surface area contributed by atoms with Gasteiger partial charge in [-0.25, -0.2) is 9.78 Å².